The molecule has 0 aromatic heterocycles. The minimum atomic E-state index is -0.924. The Morgan fingerprint density at radius 3 is 2.78 bits per heavy atom. The molecule has 4 nitrogen and oxygen atoms in total. The Balaban J connectivity index is 1.82. The molecule has 2 atom stereocenters. The van der Waals surface area contributed by atoms with Gasteiger partial charge in [0.05, 0.1) is 11.8 Å². The molecule has 1 fully saturated rings. The number of rotatable bonds is 2. The van der Waals surface area contributed by atoms with Crippen LogP contribution in [0.4, 0.5) is 10.1 Å². The second-order valence-corrected chi connectivity index (χ2v) is 4.80. The van der Waals surface area contributed by atoms with Crippen LogP contribution < -0.4 is 4.90 Å². The van der Waals surface area contributed by atoms with Gasteiger partial charge in [-0.1, -0.05) is 6.07 Å². The van der Waals surface area contributed by atoms with Crippen molar-refractivity contribution in [2.24, 2.45) is 11.8 Å². The number of hydrogen-bond donors (Lipinski definition) is 1. The van der Waals surface area contributed by atoms with Gasteiger partial charge in [-0.2, -0.15) is 0 Å². The maximum Gasteiger partial charge on any atom is 0.307 e. The first-order valence-electron chi connectivity index (χ1n) is 5.90. The van der Waals surface area contributed by atoms with Crippen molar-refractivity contribution < 1.29 is 19.1 Å². The van der Waals surface area contributed by atoms with E-state index in [0.717, 1.165) is 5.56 Å². The van der Waals surface area contributed by atoms with Crippen molar-refractivity contribution in [3.05, 3.63) is 29.6 Å². The minimum Gasteiger partial charge on any atom is -0.481 e. The smallest absolute Gasteiger partial charge is 0.307 e. The van der Waals surface area contributed by atoms with Crippen molar-refractivity contribution in [1.29, 1.82) is 0 Å². The molecular weight excluding hydrogens is 237 g/mol. The van der Waals surface area contributed by atoms with Crippen LogP contribution in [-0.2, 0) is 16.0 Å². The number of benzene rings is 1. The first-order valence-corrected chi connectivity index (χ1v) is 5.90. The number of amides is 1. The zero-order valence-electron chi connectivity index (χ0n) is 9.60. The average Bonchev–Trinajstić information content (AvgIpc) is 3.03. The lowest BCUT2D eigenvalue weighted by atomic mass is 10.1. The van der Waals surface area contributed by atoms with Crippen LogP contribution in [0.1, 0.15) is 12.0 Å². The van der Waals surface area contributed by atoms with Gasteiger partial charge in [-0.15, -0.1) is 0 Å². The van der Waals surface area contributed by atoms with Gasteiger partial charge in [0, 0.05) is 12.2 Å². The summed E-state index contributed by atoms with van der Waals surface area (Å²) in [7, 11) is 0. The maximum atomic E-state index is 13.2. The van der Waals surface area contributed by atoms with Crippen LogP contribution in [0.15, 0.2) is 18.2 Å². The second kappa shape index (κ2) is 3.80. The summed E-state index contributed by atoms with van der Waals surface area (Å²) in [5.74, 6) is -2.48. The van der Waals surface area contributed by atoms with Crippen LogP contribution >= 0.6 is 0 Å². The molecule has 0 radical (unpaired) electrons. The van der Waals surface area contributed by atoms with E-state index >= 15 is 0 Å². The third-order valence-electron chi connectivity index (χ3n) is 3.63. The Hall–Kier alpha value is -1.91. The molecule has 18 heavy (non-hydrogen) atoms. The predicted molar refractivity (Wildman–Crippen MR) is 61.7 cm³/mol. The summed E-state index contributed by atoms with van der Waals surface area (Å²) in [6, 6.07) is 4.40. The fourth-order valence-corrected chi connectivity index (χ4v) is 2.52. The Morgan fingerprint density at radius 1 is 1.33 bits per heavy atom. The van der Waals surface area contributed by atoms with Crippen LogP contribution in [0.2, 0.25) is 0 Å². The number of aliphatic carboxylic acids is 1. The number of carboxylic acids is 1. The zero-order valence-corrected chi connectivity index (χ0v) is 9.60. The van der Waals surface area contributed by atoms with Crippen LogP contribution in [0.25, 0.3) is 0 Å². The molecule has 5 heteroatoms. The molecule has 94 valence electrons. The molecule has 0 bridgehead atoms. The Labute approximate surface area is 103 Å². The van der Waals surface area contributed by atoms with Gasteiger partial charge in [0.2, 0.25) is 5.91 Å². The van der Waals surface area contributed by atoms with Gasteiger partial charge in [0.15, 0.2) is 0 Å². The second-order valence-electron chi connectivity index (χ2n) is 4.80. The topological polar surface area (TPSA) is 57.6 Å². The lowest BCUT2D eigenvalue weighted by Gasteiger charge is -2.17. The third-order valence-corrected chi connectivity index (χ3v) is 3.63. The molecule has 2 aliphatic rings. The third kappa shape index (κ3) is 1.66. The molecule has 1 amide bonds. The van der Waals surface area contributed by atoms with Crippen LogP contribution in [0.3, 0.4) is 0 Å². The summed E-state index contributed by atoms with van der Waals surface area (Å²) >= 11 is 0. The number of hydrogen-bond acceptors (Lipinski definition) is 2. The molecular formula is C13H12FNO3. The Morgan fingerprint density at radius 2 is 2.11 bits per heavy atom. The van der Waals surface area contributed by atoms with Crippen molar-refractivity contribution in [1.82, 2.24) is 0 Å². The van der Waals surface area contributed by atoms with Gasteiger partial charge in [0.25, 0.3) is 0 Å². The Bertz CT molecular complexity index is 543. The highest BCUT2D eigenvalue weighted by Gasteiger charge is 2.50. The van der Waals surface area contributed by atoms with Gasteiger partial charge in [-0.05, 0) is 30.5 Å². The molecule has 0 spiro atoms. The lowest BCUT2D eigenvalue weighted by molar-refractivity contribution is -0.140. The number of carbonyl (C=O) groups is 2. The maximum absolute atomic E-state index is 13.2. The van der Waals surface area contributed by atoms with Gasteiger partial charge < -0.3 is 10.0 Å². The molecule has 1 heterocycles. The summed E-state index contributed by atoms with van der Waals surface area (Å²) in [6.45, 7) is 0.514. The SMILES string of the molecule is O=C(O)C1CC1C(=O)N1CCc2ccc(F)cc21. The highest BCUT2D eigenvalue weighted by Crippen LogP contribution is 2.42. The molecule has 3 rings (SSSR count). The van der Waals surface area contributed by atoms with Crippen LogP contribution in [-0.4, -0.2) is 23.5 Å². The molecule has 1 aromatic rings. The number of fused-ring (bicyclic) bond motifs is 1. The fraction of sp³-hybridized carbons (Fsp3) is 0.385. The van der Waals surface area contributed by atoms with E-state index in [4.69, 9.17) is 5.11 Å². The van der Waals surface area contributed by atoms with E-state index in [2.05, 4.69) is 0 Å². The van der Waals surface area contributed by atoms with Crippen molar-refractivity contribution >= 4 is 17.6 Å². The molecule has 1 aromatic carbocycles. The molecule has 2 unspecified atom stereocenters. The van der Waals surface area contributed by atoms with Crippen molar-refractivity contribution in [3.8, 4) is 0 Å². The van der Waals surface area contributed by atoms with Gasteiger partial charge >= 0.3 is 5.97 Å². The number of carbonyl (C=O) groups excluding carboxylic acids is 1. The fourth-order valence-electron chi connectivity index (χ4n) is 2.52. The first-order chi connectivity index (χ1) is 8.58. The van der Waals surface area contributed by atoms with Crippen molar-refractivity contribution in [2.45, 2.75) is 12.8 Å². The zero-order chi connectivity index (χ0) is 12.9. The van der Waals surface area contributed by atoms with E-state index < -0.39 is 17.8 Å². The van der Waals surface area contributed by atoms with Gasteiger partial charge in [0.1, 0.15) is 5.82 Å². The number of carboxylic acid groups (broad SMARTS) is 1. The van der Waals surface area contributed by atoms with Gasteiger partial charge in [-0.3, -0.25) is 9.59 Å². The first kappa shape index (κ1) is 11.2. The van der Waals surface area contributed by atoms with E-state index in [1.165, 1.54) is 17.0 Å². The van der Waals surface area contributed by atoms with E-state index in [1.807, 2.05) is 0 Å². The van der Waals surface area contributed by atoms with Crippen LogP contribution in [0, 0.1) is 17.7 Å². The van der Waals surface area contributed by atoms with E-state index in [1.54, 1.807) is 6.07 Å². The average molecular weight is 249 g/mol. The summed E-state index contributed by atoms with van der Waals surface area (Å²) in [4.78, 5) is 24.4. The molecule has 0 saturated heterocycles. The highest BCUT2D eigenvalue weighted by atomic mass is 19.1. The van der Waals surface area contributed by atoms with E-state index in [9.17, 15) is 14.0 Å². The minimum absolute atomic E-state index is 0.188. The largest absolute Gasteiger partial charge is 0.481 e. The van der Waals surface area contributed by atoms with E-state index in [-0.39, 0.29) is 11.7 Å². The molecule has 1 aliphatic heterocycles. The normalized spacial score (nSPS) is 24.8. The molecule has 1 N–H and O–H groups in total. The van der Waals surface area contributed by atoms with Crippen LogP contribution in [0.5, 0.6) is 0 Å². The number of anilines is 1. The highest BCUT2D eigenvalue weighted by molar-refractivity contribution is 6.01. The monoisotopic (exact) mass is 249 g/mol. The quantitative estimate of drug-likeness (QED) is 0.862. The van der Waals surface area contributed by atoms with E-state index in [0.29, 0.717) is 25.1 Å². The summed E-state index contributed by atoms with van der Waals surface area (Å²) in [6.07, 6.45) is 1.10. The summed E-state index contributed by atoms with van der Waals surface area (Å²) < 4.78 is 13.2. The van der Waals surface area contributed by atoms with Crippen molar-refractivity contribution in [3.63, 3.8) is 0 Å². The van der Waals surface area contributed by atoms with Crippen molar-refractivity contribution in [2.75, 3.05) is 11.4 Å². The summed E-state index contributed by atoms with van der Waals surface area (Å²) in [5.41, 5.74) is 1.54. The molecule has 1 aliphatic carbocycles. The number of halogens is 1. The van der Waals surface area contributed by atoms with Gasteiger partial charge in [-0.25, -0.2) is 4.39 Å². The molecule has 1 saturated carbocycles. The number of nitrogens with zero attached hydrogens (tertiary/aromatic N) is 1. The Kier molecular flexibility index (Phi) is 2.36. The standard InChI is InChI=1S/C13H12FNO3/c14-8-2-1-7-3-4-15(11(7)5-8)12(16)9-6-10(9)13(17)18/h1-2,5,9-10H,3-4,6H2,(H,17,18). The predicted octanol–water partition coefficient (Wildman–Crippen LogP) is 1.44. The summed E-state index contributed by atoms with van der Waals surface area (Å²) in [5, 5.41) is 8.82. The lowest BCUT2D eigenvalue weighted by Crippen LogP contribution is -2.31.